The lowest BCUT2D eigenvalue weighted by atomic mass is 10.1. The molecule has 2 aromatic heterocycles. The highest BCUT2D eigenvalue weighted by atomic mass is 32.2. The average Bonchev–Trinajstić information content (AvgIpc) is 3.15. The number of guanidine groups is 1. The molecular weight excluding hydrogens is 306 g/mol. The van der Waals surface area contributed by atoms with Crippen molar-refractivity contribution in [1.82, 2.24) is 20.0 Å². The number of thioether (sulfide) groups is 1. The number of aromatic nitrogens is 2. The highest BCUT2D eigenvalue weighted by Crippen LogP contribution is 2.36. The van der Waals surface area contributed by atoms with Crippen LogP contribution >= 0.6 is 11.8 Å². The molecule has 1 fully saturated rings. The van der Waals surface area contributed by atoms with Crippen LogP contribution in [0.1, 0.15) is 31.2 Å². The van der Waals surface area contributed by atoms with Gasteiger partial charge in [-0.1, -0.05) is 6.07 Å². The van der Waals surface area contributed by atoms with Gasteiger partial charge in [-0.2, -0.15) is 11.8 Å². The number of hydrogen-bond acceptors (Lipinski definition) is 3. The summed E-state index contributed by atoms with van der Waals surface area (Å²) in [6.45, 7) is 6.04. The summed E-state index contributed by atoms with van der Waals surface area (Å²) >= 11 is 2.06. The van der Waals surface area contributed by atoms with E-state index >= 15 is 0 Å². The van der Waals surface area contributed by atoms with Gasteiger partial charge in [-0.25, -0.2) is 4.98 Å². The van der Waals surface area contributed by atoms with Gasteiger partial charge in [0.05, 0.1) is 12.2 Å². The van der Waals surface area contributed by atoms with Crippen molar-refractivity contribution in [3.8, 4) is 0 Å². The Balaban J connectivity index is 1.57. The SMILES string of the molecule is CN=C(NCc1cn2c(C)cccc2n1)NCC1(C)CCCS1. The molecule has 0 amide bonds. The Bertz CT molecular complexity index is 700. The van der Waals surface area contributed by atoms with Crippen LogP contribution in [0.15, 0.2) is 29.4 Å². The third-order valence-electron chi connectivity index (χ3n) is 4.34. The molecule has 3 rings (SSSR count). The maximum Gasteiger partial charge on any atom is 0.191 e. The van der Waals surface area contributed by atoms with Gasteiger partial charge in [0.15, 0.2) is 5.96 Å². The van der Waals surface area contributed by atoms with Gasteiger partial charge in [0.1, 0.15) is 5.65 Å². The summed E-state index contributed by atoms with van der Waals surface area (Å²) in [4.78, 5) is 8.96. The molecule has 0 radical (unpaired) electrons. The van der Waals surface area contributed by atoms with E-state index in [0.29, 0.717) is 11.3 Å². The molecule has 1 aliphatic rings. The predicted molar refractivity (Wildman–Crippen MR) is 98.2 cm³/mol. The fraction of sp³-hybridized carbons (Fsp3) is 0.529. The van der Waals surface area contributed by atoms with Crippen LogP contribution in [-0.2, 0) is 6.54 Å². The summed E-state index contributed by atoms with van der Waals surface area (Å²) < 4.78 is 2.45. The lowest BCUT2D eigenvalue weighted by Crippen LogP contribution is -2.43. The normalized spacial score (nSPS) is 21.8. The fourth-order valence-electron chi connectivity index (χ4n) is 2.93. The van der Waals surface area contributed by atoms with Crippen LogP contribution < -0.4 is 10.6 Å². The van der Waals surface area contributed by atoms with Crippen LogP contribution in [0.4, 0.5) is 0 Å². The van der Waals surface area contributed by atoms with Crippen LogP contribution in [-0.4, -0.2) is 39.4 Å². The van der Waals surface area contributed by atoms with Crippen molar-refractivity contribution in [2.45, 2.75) is 38.0 Å². The zero-order chi connectivity index (χ0) is 16.3. The first-order valence-corrected chi connectivity index (χ1v) is 9.10. The van der Waals surface area contributed by atoms with Crippen molar-refractivity contribution in [3.63, 3.8) is 0 Å². The topological polar surface area (TPSA) is 53.7 Å². The Kier molecular flexibility index (Phi) is 4.80. The maximum atomic E-state index is 4.64. The number of hydrogen-bond donors (Lipinski definition) is 2. The lowest BCUT2D eigenvalue weighted by Gasteiger charge is -2.24. The number of nitrogens with zero attached hydrogens (tertiary/aromatic N) is 3. The molecule has 2 N–H and O–H groups in total. The molecule has 0 spiro atoms. The van der Waals surface area contributed by atoms with Gasteiger partial charge in [-0.15, -0.1) is 0 Å². The molecule has 1 unspecified atom stereocenters. The Morgan fingerprint density at radius 2 is 2.30 bits per heavy atom. The van der Waals surface area contributed by atoms with Gasteiger partial charge in [0.25, 0.3) is 0 Å². The number of nitrogens with one attached hydrogen (secondary N) is 2. The quantitative estimate of drug-likeness (QED) is 0.668. The second-order valence-corrected chi connectivity index (χ2v) is 7.99. The summed E-state index contributed by atoms with van der Waals surface area (Å²) in [5.41, 5.74) is 3.19. The molecule has 124 valence electrons. The van der Waals surface area contributed by atoms with Crippen molar-refractivity contribution in [3.05, 3.63) is 35.8 Å². The number of aliphatic imine (C=N–C) groups is 1. The monoisotopic (exact) mass is 331 g/mol. The molecule has 0 bridgehead atoms. The van der Waals surface area contributed by atoms with E-state index in [1.165, 1.54) is 24.3 Å². The van der Waals surface area contributed by atoms with Gasteiger partial charge in [0.2, 0.25) is 0 Å². The van der Waals surface area contributed by atoms with Crippen molar-refractivity contribution in [2.24, 2.45) is 4.99 Å². The molecule has 6 heteroatoms. The van der Waals surface area contributed by atoms with E-state index in [1.54, 1.807) is 0 Å². The van der Waals surface area contributed by atoms with Crippen molar-refractivity contribution >= 4 is 23.4 Å². The first kappa shape index (κ1) is 16.2. The number of pyridine rings is 1. The van der Waals surface area contributed by atoms with Crippen LogP contribution in [0.25, 0.3) is 5.65 Å². The molecule has 23 heavy (non-hydrogen) atoms. The van der Waals surface area contributed by atoms with Gasteiger partial charge in [-0.05, 0) is 44.6 Å². The van der Waals surface area contributed by atoms with E-state index < -0.39 is 0 Å². The van der Waals surface area contributed by atoms with Gasteiger partial charge < -0.3 is 15.0 Å². The third kappa shape index (κ3) is 3.80. The van der Waals surface area contributed by atoms with E-state index in [-0.39, 0.29) is 0 Å². The van der Waals surface area contributed by atoms with Crippen molar-refractivity contribution < 1.29 is 0 Å². The van der Waals surface area contributed by atoms with Crippen LogP contribution in [0.5, 0.6) is 0 Å². The van der Waals surface area contributed by atoms with E-state index in [1.807, 2.05) is 19.2 Å². The van der Waals surface area contributed by atoms with Crippen LogP contribution in [0.2, 0.25) is 0 Å². The number of rotatable bonds is 4. The summed E-state index contributed by atoms with van der Waals surface area (Å²) in [6.07, 6.45) is 4.67. The molecule has 0 saturated carbocycles. The number of imidazole rings is 1. The molecule has 0 aliphatic carbocycles. The summed E-state index contributed by atoms with van der Waals surface area (Å²) in [7, 11) is 1.81. The van der Waals surface area contributed by atoms with Gasteiger partial charge in [0, 0.05) is 30.2 Å². The standard InChI is InChI=1S/C17H25N5S/c1-13-6-4-7-15-21-14(11-22(13)15)10-19-16(18-3)20-12-17(2)8-5-9-23-17/h4,6-7,11H,5,8-10,12H2,1-3H3,(H2,18,19,20). The van der Waals surface area contributed by atoms with Crippen LogP contribution in [0, 0.1) is 6.92 Å². The smallest absolute Gasteiger partial charge is 0.191 e. The highest BCUT2D eigenvalue weighted by Gasteiger charge is 2.29. The largest absolute Gasteiger partial charge is 0.355 e. The van der Waals surface area contributed by atoms with Crippen molar-refractivity contribution in [2.75, 3.05) is 19.3 Å². The van der Waals surface area contributed by atoms with E-state index in [0.717, 1.165) is 23.8 Å². The lowest BCUT2D eigenvalue weighted by molar-refractivity contribution is 0.584. The molecule has 1 aliphatic heterocycles. The zero-order valence-electron chi connectivity index (χ0n) is 14.1. The molecular formula is C17H25N5S. The maximum absolute atomic E-state index is 4.64. The van der Waals surface area contributed by atoms with Crippen molar-refractivity contribution in [1.29, 1.82) is 0 Å². The number of aryl methyl sites for hydroxylation is 1. The minimum atomic E-state index is 0.331. The highest BCUT2D eigenvalue weighted by molar-refractivity contribution is 8.00. The minimum absolute atomic E-state index is 0.331. The van der Waals surface area contributed by atoms with E-state index in [9.17, 15) is 0 Å². The van der Waals surface area contributed by atoms with Gasteiger partial charge >= 0.3 is 0 Å². The summed E-state index contributed by atoms with van der Waals surface area (Å²) in [5, 5.41) is 6.81. The Morgan fingerprint density at radius 1 is 1.43 bits per heavy atom. The molecule has 2 aromatic rings. The molecule has 1 saturated heterocycles. The molecule has 3 heterocycles. The van der Waals surface area contributed by atoms with Gasteiger partial charge in [-0.3, -0.25) is 4.99 Å². The molecule has 5 nitrogen and oxygen atoms in total. The third-order valence-corrected chi connectivity index (χ3v) is 5.87. The Morgan fingerprint density at radius 3 is 3.00 bits per heavy atom. The average molecular weight is 331 g/mol. The predicted octanol–water partition coefficient (Wildman–Crippen LogP) is 2.59. The van der Waals surface area contributed by atoms with E-state index in [4.69, 9.17) is 0 Å². The first-order chi connectivity index (χ1) is 11.1. The molecule has 1 atom stereocenters. The van der Waals surface area contributed by atoms with E-state index in [2.05, 4.69) is 62.9 Å². The molecule has 0 aromatic carbocycles. The Labute approximate surface area is 142 Å². The minimum Gasteiger partial charge on any atom is -0.355 e. The summed E-state index contributed by atoms with van der Waals surface area (Å²) in [6, 6.07) is 6.16. The second kappa shape index (κ2) is 6.83. The zero-order valence-corrected chi connectivity index (χ0v) is 14.9. The Hall–Kier alpha value is -1.69. The fourth-order valence-corrected chi connectivity index (χ4v) is 4.17. The van der Waals surface area contributed by atoms with Crippen LogP contribution in [0.3, 0.4) is 0 Å². The first-order valence-electron chi connectivity index (χ1n) is 8.12. The second-order valence-electron chi connectivity index (χ2n) is 6.31. The summed E-state index contributed by atoms with van der Waals surface area (Å²) in [5.74, 6) is 2.11. The number of fused-ring (bicyclic) bond motifs is 1.